The van der Waals surface area contributed by atoms with Crippen LogP contribution in [0.2, 0.25) is 0 Å². The van der Waals surface area contributed by atoms with Crippen molar-refractivity contribution in [3.05, 3.63) is 65.5 Å². The summed E-state index contributed by atoms with van der Waals surface area (Å²) in [5.74, 6) is 3.96. The molecule has 0 aliphatic carbocycles. The van der Waals surface area contributed by atoms with E-state index in [-0.39, 0.29) is 12.2 Å². The van der Waals surface area contributed by atoms with Gasteiger partial charge in [-0.25, -0.2) is 14.6 Å². The summed E-state index contributed by atoms with van der Waals surface area (Å²) in [6, 6.07) is 16.8. The van der Waals surface area contributed by atoms with Gasteiger partial charge in [-0.1, -0.05) is 36.1 Å². The lowest BCUT2D eigenvalue weighted by Gasteiger charge is -2.32. The van der Waals surface area contributed by atoms with Gasteiger partial charge in [0.05, 0.1) is 17.1 Å². The minimum atomic E-state index is -1.82. The molecule has 0 bridgehead atoms. The number of piperidine rings is 1. The van der Waals surface area contributed by atoms with Crippen molar-refractivity contribution < 1.29 is 24.5 Å². The number of aryl methyl sites for hydroxylation is 1. The third-order valence-corrected chi connectivity index (χ3v) is 6.59. The SMILES string of the molecule is CCn1c(C(OC2CCN(C)CC2)c2cccc(C#CCCCCN)c2)nc2ccccc21.O=C(O)C(=O)O. The highest BCUT2D eigenvalue weighted by molar-refractivity contribution is 6.27. The van der Waals surface area contributed by atoms with E-state index in [1.54, 1.807) is 0 Å². The molecule has 4 N–H and O–H groups in total. The maximum Gasteiger partial charge on any atom is 0.414 e. The second-order valence-electron chi connectivity index (χ2n) is 9.51. The zero-order valence-electron chi connectivity index (χ0n) is 22.7. The molecule has 4 rings (SSSR count). The number of hydrogen-bond acceptors (Lipinski definition) is 6. The van der Waals surface area contributed by atoms with Gasteiger partial charge in [-0.2, -0.15) is 0 Å². The Morgan fingerprint density at radius 1 is 1.10 bits per heavy atom. The molecule has 0 saturated carbocycles. The number of aromatic nitrogens is 2. The molecule has 0 spiro atoms. The van der Waals surface area contributed by atoms with E-state index >= 15 is 0 Å². The first-order valence-electron chi connectivity index (χ1n) is 13.4. The average molecular weight is 535 g/mol. The number of carboxylic acid groups (broad SMARTS) is 2. The van der Waals surface area contributed by atoms with Crippen LogP contribution >= 0.6 is 0 Å². The van der Waals surface area contributed by atoms with Crippen LogP contribution in [0.25, 0.3) is 11.0 Å². The monoisotopic (exact) mass is 534 g/mol. The van der Waals surface area contributed by atoms with E-state index in [4.69, 9.17) is 35.3 Å². The van der Waals surface area contributed by atoms with Crippen LogP contribution < -0.4 is 5.73 Å². The van der Waals surface area contributed by atoms with Gasteiger partial charge in [-0.3, -0.25) is 0 Å². The number of aliphatic carboxylic acids is 2. The molecule has 1 unspecified atom stereocenters. The summed E-state index contributed by atoms with van der Waals surface area (Å²) in [5.41, 5.74) is 9.91. The quantitative estimate of drug-likeness (QED) is 0.225. The Hall–Kier alpha value is -3.71. The highest BCUT2D eigenvalue weighted by Gasteiger charge is 2.27. The normalized spacial score (nSPS) is 14.6. The number of para-hydroxylation sites is 2. The zero-order chi connectivity index (χ0) is 28.2. The largest absolute Gasteiger partial charge is 0.473 e. The summed E-state index contributed by atoms with van der Waals surface area (Å²) in [5, 5.41) is 14.8. The van der Waals surface area contributed by atoms with Gasteiger partial charge >= 0.3 is 11.9 Å². The summed E-state index contributed by atoms with van der Waals surface area (Å²) in [6.45, 7) is 5.88. The van der Waals surface area contributed by atoms with Gasteiger partial charge < -0.3 is 30.2 Å². The predicted molar refractivity (Wildman–Crippen MR) is 150 cm³/mol. The first-order chi connectivity index (χ1) is 18.8. The van der Waals surface area contributed by atoms with Crippen molar-refractivity contribution in [2.24, 2.45) is 5.73 Å². The van der Waals surface area contributed by atoms with Crippen molar-refractivity contribution in [3.8, 4) is 11.8 Å². The minimum absolute atomic E-state index is 0.218. The fraction of sp³-hybridized carbons (Fsp3) is 0.433. The van der Waals surface area contributed by atoms with Gasteiger partial charge in [0, 0.05) is 31.6 Å². The second-order valence-corrected chi connectivity index (χ2v) is 9.51. The molecule has 1 aliphatic heterocycles. The topological polar surface area (TPSA) is 131 Å². The molecule has 39 heavy (non-hydrogen) atoms. The number of carboxylic acids is 2. The zero-order valence-corrected chi connectivity index (χ0v) is 22.7. The Morgan fingerprint density at radius 3 is 2.49 bits per heavy atom. The number of unbranched alkanes of at least 4 members (excludes halogenated alkanes) is 2. The molecule has 1 aliphatic rings. The lowest BCUT2D eigenvalue weighted by atomic mass is 10.0. The van der Waals surface area contributed by atoms with Crippen LogP contribution in [0.4, 0.5) is 0 Å². The fourth-order valence-electron chi connectivity index (χ4n) is 4.53. The van der Waals surface area contributed by atoms with Gasteiger partial charge in [-0.05, 0) is 76.0 Å². The molecule has 2 aromatic carbocycles. The first kappa shape index (κ1) is 29.8. The smallest absolute Gasteiger partial charge is 0.414 e. The molecule has 0 amide bonds. The van der Waals surface area contributed by atoms with E-state index < -0.39 is 11.9 Å². The van der Waals surface area contributed by atoms with E-state index in [9.17, 15) is 0 Å². The van der Waals surface area contributed by atoms with Crippen molar-refractivity contribution in [1.29, 1.82) is 0 Å². The van der Waals surface area contributed by atoms with E-state index in [0.717, 1.165) is 86.3 Å². The van der Waals surface area contributed by atoms with Crippen LogP contribution in [-0.2, 0) is 20.9 Å². The summed E-state index contributed by atoms with van der Waals surface area (Å²) in [6.07, 6.45) is 5.04. The van der Waals surface area contributed by atoms with Crippen LogP contribution in [0.15, 0.2) is 48.5 Å². The molecular formula is C30H38N4O5. The molecule has 0 radical (unpaired) electrons. The number of likely N-dealkylation sites (tertiary alicyclic amines) is 1. The van der Waals surface area contributed by atoms with E-state index in [1.165, 1.54) is 0 Å². The summed E-state index contributed by atoms with van der Waals surface area (Å²) < 4.78 is 9.12. The molecule has 1 atom stereocenters. The van der Waals surface area contributed by atoms with Crippen LogP contribution in [0.3, 0.4) is 0 Å². The number of imidazole rings is 1. The number of nitrogens with zero attached hydrogens (tertiary/aromatic N) is 3. The Labute approximate surface area is 229 Å². The number of hydrogen-bond donors (Lipinski definition) is 3. The average Bonchev–Trinajstić information content (AvgIpc) is 3.31. The van der Waals surface area contributed by atoms with Gasteiger partial charge in [0.2, 0.25) is 0 Å². The van der Waals surface area contributed by atoms with Crippen LogP contribution in [0.5, 0.6) is 0 Å². The van der Waals surface area contributed by atoms with Crippen molar-refractivity contribution in [3.63, 3.8) is 0 Å². The third-order valence-electron chi connectivity index (χ3n) is 6.59. The fourth-order valence-corrected chi connectivity index (χ4v) is 4.53. The summed E-state index contributed by atoms with van der Waals surface area (Å²) in [7, 11) is 2.18. The van der Waals surface area contributed by atoms with Crippen LogP contribution in [0.1, 0.15) is 62.1 Å². The molecule has 9 nitrogen and oxygen atoms in total. The summed E-state index contributed by atoms with van der Waals surface area (Å²) >= 11 is 0. The van der Waals surface area contributed by atoms with E-state index in [2.05, 4.69) is 77.7 Å². The summed E-state index contributed by atoms with van der Waals surface area (Å²) in [4.78, 5) is 25.6. The highest BCUT2D eigenvalue weighted by Crippen LogP contribution is 2.32. The van der Waals surface area contributed by atoms with Crippen molar-refractivity contribution in [2.45, 2.75) is 57.8 Å². The van der Waals surface area contributed by atoms with Gasteiger partial charge in [0.15, 0.2) is 0 Å². The first-order valence-corrected chi connectivity index (χ1v) is 13.4. The van der Waals surface area contributed by atoms with Crippen LogP contribution in [0, 0.1) is 11.8 Å². The predicted octanol–water partition coefficient (Wildman–Crippen LogP) is 3.89. The molecule has 1 saturated heterocycles. The van der Waals surface area contributed by atoms with Gasteiger partial charge in [0.1, 0.15) is 11.9 Å². The van der Waals surface area contributed by atoms with E-state index in [1.807, 2.05) is 6.07 Å². The number of fused-ring (bicyclic) bond motifs is 1. The van der Waals surface area contributed by atoms with Gasteiger partial charge in [-0.15, -0.1) is 0 Å². The number of benzene rings is 2. The molecule has 9 heteroatoms. The Balaban J connectivity index is 0.000000631. The van der Waals surface area contributed by atoms with Crippen molar-refractivity contribution >= 4 is 23.0 Å². The standard InChI is InChI=1S/C28H36N4O.C2H2O4/c1-3-32-26-15-8-7-14-25(26)30-28(32)27(33-24-16-19-31(2)20-17-24)23-13-10-12-22(21-23)11-6-4-5-9-18-29;3-1(4)2(5)6/h7-8,10,12-15,21,24,27H,3-5,9,16-20,29H2,1-2H3;(H,3,4)(H,5,6). The number of ether oxygens (including phenoxy) is 1. The Morgan fingerprint density at radius 2 is 1.82 bits per heavy atom. The molecule has 1 aromatic heterocycles. The van der Waals surface area contributed by atoms with E-state index in [0.29, 0.717) is 0 Å². The van der Waals surface area contributed by atoms with Crippen molar-refractivity contribution in [2.75, 3.05) is 26.7 Å². The van der Waals surface area contributed by atoms with Gasteiger partial charge in [0.25, 0.3) is 0 Å². The second kappa shape index (κ2) is 15.0. The molecular weight excluding hydrogens is 496 g/mol. The molecule has 3 aromatic rings. The lowest BCUT2D eigenvalue weighted by Crippen LogP contribution is -2.35. The van der Waals surface area contributed by atoms with Crippen LogP contribution in [-0.4, -0.2) is 69.4 Å². The molecule has 1 fully saturated rings. The maximum absolute atomic E-state index is 9.10. The maximum atomic E-state index is 9.10. The number of nitrogens with two attached hydrogens (primary N) is 1. The minimum Gasteiger partial charge on any atom is -0.473 e. The highest BCUT2D eigenvalue weighted by atomic mass is 16.5. The molecule has 2 heterocycles. The lowest BCUT2D eigenvalue weighted by molar-refractivity contribution is -0.159. The Kier molecular flexibility index (Phi) is 11.5. The number of carbonyl (C=O) groups is 2. The molecule has 208 valence electrons. The van der Waals surface area contributed by atoms with Crippen molar-refractivity contribution in [1.82, 2.24) is 14.5 Å². The third kappa shape index (κ3) is 8.65. The number of rotatable bonds is 8. The Bertz CT molecular complexity index is 1290.